The summed E-state index contributed by atoms with van der Waals surface area (Å²) in [5.41, 5.74) is 2.82. The maximum absolute atomic E-state index is 12.2. The van der Waals surface area contributed by atoms with Crippen molar-refractivity contribution in [3.05, 3.63) is 35.1 Å². The average molecular weight is 273 g/mol. The van der Waals surface area contributed by atoms with E-state index in [1.165, 1.54) is 0 Å². The molecule has 1 aliphatic heterocycles. The van der Waals surface area contributed by atoms with Crippen LogP contribution in [0.1, 0.15) is 34.5 Å². The molecule has 0 radical (unpaired) electrons. The number of hydrogen-bond acceptors (Lipinski definition) is 3. The Balaban J connectivity index is 1.78. The summed E-state index contributed by atoms with van der Waals surface area (Å²) in [5.74, 6) is 0.246. The van der Waals surface area contributed by atoms with Gasteiger partial charge in [-0.15, -0.1) is 0 Å². The largest absolute Gasteiger partial charge is 0.451 e. The molecule has 1 aromatic heterocycles. The van der Waals surface area contributed by atoms with Crippen LogP contribution < -0.4 is 5.32 Å². The van der Waals surface area contributed by atoms with E-state index < -0.39 is 0 Å². The Bertz CT molecular complexity index is 638. The van der Waals surface area contributed by atoms with Crippen LogP contribution in [0.25, 0.3) is 11.0 Å². The van der Waals surface area contributed by atoms with E-state index in [1.807, 2.05) is 32.0 Å². The number of furan rings is 1. The molecule has 1 aliphatic rings. The van der Waals surface area contributed by atoms with E-state index in [2.05, 4.69) is 5.32 Å². The smallest absolute Gasteiger partial charge is 0.287 e. The Kier molecular flexibility index (Phi) is 3.49. The molecule has 2 heterocycles. The molecule has 4 heteroatoms. The van der Waals surface area contributed by atoms with Crippen LogP contribution in [0.4, 0.5) is 0 Å². The van der Waals surface area contributed by atoms with Gasteiger partial charge in [-0.3, -0.25) is 4.79 Å². The van der Waals surface area contributed by atoms with Crippen LogP contribution in [0, 0.1) is 13.8 Å². The third kappa shape index (κ3) is 2.43. The van der Waals surface area contributed by atoms with Crippen LogP contribution in [0.3, 0.4) is 0 Å². The van der Waals surface area contributed by atoms with Crippen molar-refractivity contribution in [3.63, 3.8) is 0 Å². The number of ether oxygens (including phenoxy) is 1. The highest BCUT2D eigenvalue weighted by atomic mass is 16.5. The third-order valence-corrected chi connectivity index (χ3v) is 3.81. The summed E-state index contributed by atoms with van der Waals surface area (Å²) in [4.78, 5) is 12.2. The van der Waals surface area contributed by atoms with Crippen molar-refractivity contribution >= 4 is 16.9 Å². The van der Waals surface area contributed by atoms with Gasteiger partial charge < -0.3 is 14.5 Å². The molecule has 2 aromatic rings. The maximum atomic E-state index is 12.2. The molecular formula is C16H19NO3. The molecule has 1 atom stereocenters. The fourth-order valence-electron chi connectivity index (χ4n) is 2.64. The standard InChI is InChI=1S/C16H19NO3/c1-10-5-6-14-13(8-10)11(2)15(20-14)16(18)17-9-12-4-3-7-19-12/h5-6,8,12H,3-4,7,9H2,1-2H3,(H,17,18)/t12-/m0/s1. The van der Waals surface area contributed by atoms with Crippen LogP contribution in [-0.4, -0.2) is 25.2 Å². The molecule has 1 aromatic carbocycles. The summed E-state index contributed by atoms with van der Waals surface area (Å²) in [6, 6.07) is 5.94. The molecule has 0 bridgehead atoms. The molecule has 20 heavy (non-hydrogen) atoms. The molecule has 4 nitrogen and oxygen atoms in total. The minimum atomic E-state index is -0.160. The lowest BCUT2D eigenvalue weighted by Crippen LogP contribution is -2.31. The first-order chi connectivity index (χ1) is 9.65. The van der Waals surface area contributed by atoms with Crippen LogP contribution in [0.2, 0.25) is 0 Å². The monoisotopic (exact) mass is 273 g/mol. The van der Waals surface area contributed by atoms with Gasteiger partial charge in [0.1, 0.15) is 5.58 Å². The molecule has 1 fully saturated rings. The normalized spacial score (nSPS) is 18.6. The Morgan fingerprint density at radius 2 is 2.25 bits per heavy atom. The third-order valence-electron chi connectivity index (χ3n) is 3.81. The predicted molar refractivity (Wildman–Crippen MR) is 77.0 cm³/mol. The summed E-state index contributed by atoms with van der Waals surface area (Å²) < 4.78 is 11.2. The lowest BCUT2D eigenvalue weighted by molar-refractivity contribution is 0.0836. The van der Waals surface area contributed by atoms with Crippen molar-refractivity contribution in [2.24, 2.45) is 0 Å². The SMILES string of the molecule is Cc1ccc2oc(C(=O)NC[C@@H]3CCCO3)c(C)c2c1. The highest BCUT2D eigenvalue weighted by molar-refractivity contribution is 5.99. The first kappa shape index (κ1) is 13.2. The van der Waals surface area contributed by atoms with Crippen molar-refractivity contribution in [3.8, 4) is 0 Å². The van der Waals surface area contributed by atoms with Crippen LogP contribution >= 0.6 is 0 Å². The number of amides is 1. The molecule has 1 N–H and O–H groups in total. The van der Waals surface area contributed by atoms with Crippen molar-refractivity contribution in [1.29, 1.82) is 0 Å². The second-order valence-corrected chi connectivity index (χ2v) is 5.40. The quantitative estimate of drug-likeness (QED) is 0.935. The molecule has 0 spiro atoms. The molecule has 106 valence electrons. The van der Waals surface area contributed by atoms with E-state index in [9.17, 15) is 4.79 Å². The van der Waals surface area contributed by atoms with Crippen LogP contribution in [0.15, 0.2) is 22.6 Å². The van der Waals surface area contributed by atoms with Gasteiger partial charge in [0.25, 0.3) is 5.91 Å². The summed E-state index contributed by atoms with van der Waals surface area (Å²) >= 11 is 0. The van der Waals surface area contributed by atoms with Crippen LogP contribution in [-0.2, 0) is 4.74 Å². The fourth-order valence-corrected chi connectivity index (χ4v) is 2.64. The van der Waals surface area contributed by atoms with Gasteiger partial charge in [0.2, 0.25) is 0 Å². The van der Waals surface area contributed by atoms with E-state index in [-0.39, 0.29) is 12.0 Å². The first-order valence-electron chi connectivity index (χ1n) is 7.04. The number of carbonyl (C=O) groups is 1. The Labute approximate surface area is 118 Å². The number of rotatable bonds is 3. The van der Waals surface area contributed by atoms with Gasteiger partial charge in [-0.1, -0.05) is 11.6 Å². The molecular weight excluding hydrogens is 254 g/mol. The number of hydrogen-bond donors (Lipinski definition) is 1. The lowest BCUT2D eigenvalue weighted by atomic mass is 10.1. The molecule has 1 amide bonds. The first-order valence-corrected chi connectivity index (χ1v) is 7.04. The van der Waals surface area contributed by atoms with Crippen molar-refractivity contribution < 1.29 is 13.9 Å². The van der Waals surface area contributed by atoms with Gasteiger partial charge in [0.05, 0.1) is 6.10 Å². The summed E-state index contributed by atoms with van der Waals surface area (Å²) in [6.45, 7) is 5.30. The maximum Gasteiger partial charge on any atom is 0.287 e. The second-order valence-electron chi connectivity index (χ2n) is 5.40. The molecule has 0 unspecified atom stereocenters. The zero-order valence-corrected chi connectivity index (χ0v) is 11.9. The van der Waals surface area contributed by atoms with Crippen molar-refractivity contribution in [2.75, 3.05) is 13.2 Å². The molecule has 0 aliphatic carbocycles. The Hall–Kier alpha value is -1.81. The number of aryl methyl sites for hydroxylation is 2. The van der Waals surface area contributed by atoms with E-state index in [0.29, 0.717) is 12.3 Å². The highest BCUT2D eigenvalue weighted by Gasteiger charge is 2.20. The number of carbonyl (C=O) groups excluding carboxylic acids is 1. The zero-order valence-electron chi connectivity index (χ0n) is 11.9. The minimum Gasteiger partial charge on any atom is -0.451 e. The van der Waals surface area contributed by atoms with Gasteiger partial charge in [0, 0.05) is 24.1 Å². The van der Waals surface area contributed by atoms with E-state index in [4.69, 9.17) is 9.15 Å². The molecule has 0 saturated carbocycles. The van der Waals surface area contributed by atoms with Gasteiger partial charge in [0.15, 0.2) is 5.76 Å². The van der Waals surface area contributed by atoms with E-state index >= 15 is 0 Å². The van der Waals surface area contributed by atoms with E-state index in [0.717, 1.165) is 41.5 Å². The average Bonchev–Trinajstić information content (AvgIpc) is 3.05. The van der Waals surface area contributed by atoms with Gasteiger partial charge >= 0.3 is 0 Å². The Morgan fingerprint density at radius 1 is 1.40 bits per heavy atom. The fraction of sp³-hybridized carbons (Fsp3) is 0.438. The van der Waals surface area contributed by atoms with Crippen LogP contribution in [0.5, 0.6) is 0 Å². The second kappa shape index (κ2) is 5.29. The lowest BCUT2D eigenvalue weighted by Gasteiger charge is -2.09. The van der Waals surface area contributed by atoms with Gasteiger partial charge in [-0.05, 0) is 38.8 Å². The molecule has 3 rings (SSSR count). The summed E-state index contributed by atoms with van der Waals surface area (Å²) in [6.07, 6.45) is 2.23. The highest BCUT2D eigenvalue weighted by Crippen LogP contribution is 2.26. The number of nitrogens with one attached hydrogen (secondary N) is 1. The molecule has 1 saturated heterocycles. The predicted octanol–water partition coefficient (Wildman–Crippen LogP) is 2.96. The number of fused-ring (bicyclic) bond motifs is 1. The zero-order chi connectivity index (χ0) is 14.1. The van der Waals surface area contributed by atoms with Gasteiger partial charge in [-0.25, -0.2) is 0 Å². The topological polar surface area (TPSA) is 51.5 Å². The summed E-state index contributed by atoms with van der Waals surface area (Å²) in [5, 5.41) is 3.91. The van der Waals surface area contributed by atoms with Crippen molar-refractivity contribution in [2.45, 2.75) is 32.8 Å². The van der Waals surface area contributed by atoms with Gasteiger partial charge in [-0.2, -0.15) is 0 Å². The van der Waals surface area contributed by atoms with Crippen molar-refractivity contribution in [1.82, 2.24) is 5.32 Å². The summed E-state index contributed by atoms with van der Waals surface area (Å²) in [7, 11) is 0. The number of benzene rings is 1. The minimum absolute atomic E-state index is 0.144. The van der Waals surface area contributed by atoms with E-state index in [1.54, 1.807) is 0 Å². The Morgan fingerprint density at radius 3 is 3.00 bits per heavy atom.